The van der Waals surface area contributed by atoms with Crippen LogP contribution in [0.1, 0.15) is 6.92 Å². The monoisotopic (exact) mass is 280 g/mol. The van der Waals surface area contributed by atoms with Gasteiger partial charge in [0.25, 0.3) is 0 Å². The standard InChI is InChI=1S/C12H13FN4OS/c1-7(10(14)18)19-12-16-15-11(17(12)2)8-5-3-4-6-9(8)13/h3-7H,1-2H3,(H2,14,18)/t7-/m0/s1. The van der Waals surface area contributed by atoms with E-state index in [1.54, 1.807) is 36.7 Å². The number of hydrogen-bond acceptors (Lipinski definition) is 4. The first-order chi connectivity index (χ1) is 9.00. The highest BCUT2D eigenvalue weighted by Gasteiger charge is 2.18. The van der Waals surface area contributed by atoms with Gasteiger partial charge in [-0.25, -0.2) is 4.39 Å². The first-order valence-corrected chi connectivity index (χ1v) is 6.49. The number of carbonyl (C=O) groups excluding carboxylic acids is 1. The Kier molecular flexibility index (Phi) is 3.84. The molecule has 5 nitrogen and oxygen atoms in total. The SMILES string of the molecule is C[C@H](Sc1nnc(-c2ccccc2F)n1C)C(N)=O. The smallest absolute Gasteiger partial charge is 0.230 e. The van der Waals surface area contributed by atoms with Crippen molar-refractivity contribution in [1.82, 2.24) is 14.8 Å². The summed E-state index contributed by atoms with van der Waals surface area (Å²) in [5.74, 6) is -0.379. The van der Waals surface area contributed by atoms with Crippen LogP contribution in [0.15, 0.2) is 29.4 Å². The topological polar surface area (TPSA) is 73.8 Å². The molecule has 7 heteroatoms. The third kappa shape index (κ3) is 2.76. The zero-order valence-corrected chi connectivity index (χ0v) is 11.3. The van der Waals surface area contributed by atoms with Crippen molar-refractivity contribution in [2.45, 2.75) is 17.3 Å². The van der Waals surface area contributed by atoms with Crippen molar-refractivity contribution in [2.24, 2.45) is 12.8 Å². The first-order valence-electron chi connectivity index (χ1n) is 5.61. The summed E-state index contributed by atoms with van der Waals surface area (Å²) in [6.45, 7) is 1.68. The molecule has 0 spiro atoms. The highest BCUT2D eigenvalue weighted by molar-refractivity contribution is 8.00. The first kappa shape index (κ1) is 13.5. The van der Waals surface area contributed by atoms with Crippen molar-refractivity contribution in [3.63, 3.8) is 0 Å². The van der Waals surface area contributed by atoms with E-state index in [0.717, 1.165) is 0 Å². The summed E-state index contributed by atoms with van der Waals surface area (Å²) in [5, 5.41) is 8.01. The number of primary amides is 1. The molecule has 1 amide bonds. The fourth-order valence-electron chi connectivity index (χ4n) is 1.51. The maximum atomic E-state index is 13.7. The minimum atomic E-state index is -0.430. The molecule has 1 heterocycles. The summed E-state index contributed by atoms with van der Waals surface area (Å²) >= 11 is 1.19. The van der Waals surface area contributed by atoms with E-state index >= 15 is 0 Å². The van der Waals surface area contributed by atoms with Gasteiger partial charge in [-0.05, 0) is 19.1 Å². The molecule has 0 fully saturated rings. The van der Waals surface area contributed by atoms with E-state index in [4.69, 9.17) is 5.73 Å². The quantitative estimate of drug-likeness (QED) is 0.863. The van der Waals surface area contributed by atoms with Crippen LogP contribution in [0.2, 0.25) is 0 Å². The Balaban J connectivity index is 2.34. The lowest BCUT2D eigenvalue weighted by atomic mass is 10.2. The van der Waals surface area contributed by atoms with Crippen LogP contribution in [0.4, 0.5) is 4.39 Å². The van der Waals surface area contributed by atoms with Crippen molar-refractivity contribution in [2.75, 3.05) is 0 Å². The lowest BCUT2D eigenvalue weighted by Crippen LogP contribution is -2.22. The summed E-state index contributed by atoms with van der Waals surface area (Å²) in [7, 11) is 1.72. The maximum absolute atomic E-state index is 13.7. The Morgan fingerprint density at radius 3 is 2.74 bits per heavy atom. The van der Waals surface area contributed by atoms with Crippen molar-refractivity contribution in [3.8, 4) is 11.4 Å². The molecule has 2 aromatic rings. The lowest BCUT2D eigenvalue weighted by molar-refractivity contribution is -0.117. The van der Waals surface area contributed by atoms with Crippen LogP contribution in [0.3, 0.4) is 0 Å². The molecule has 19 heavy (non-hydrogen) atoms. The van der Waals surface area contributed by atoms with E-state index in [0.29, 0.717) is 16.5 Å². The molecule has 2 N–H and O–H groups in total. The summed E-state index contributed by atoms with van der Waals surface area (Å²) < 4.78 is 15.3. The third-order valence-corrected chi connectivity index (χ3v) is 3.78. The molecule has 100 valence electrons. The zero-order valence-electron chi connectivity index (χ0n) is 10.5. The average molecular weight is 280 g/mol. The van der Waals surface area contributed by atoms with Gasteiger partial charge in [-0.3, -0.25) is 4.79 Å². The number of hydrogen-bond donors (Lipinski definition) is 1. The molecule has 0 saturated heterocycles. The minimum absolute atomic E-state index is 0.363. The van der Waals surface area contributed by atoms with Crippen molar-refractivity contribution in [3.05, 3.63) is 30.1 Å². The Hall–Kier alpha value is -1.89. The predicted octanol–water partition coefficient (Wildman–Crippen LogP) is 1.59. The summed E-state index contributed by atoms with van der Waals surface area (Å²) in [6.07, 6.45) is 0. The molecule has 0 aliphatic rings. The van der Waals surface area contributed by atoms with E-state index < -0.39 is 11.2 Å². The maximum Gasteiger partial charge on any atom is 0.230 e. The number of amides is 1. The number of benzene rings is 1. The molecule has 0 bridgehead atoms. The summed E-state index contributed by atoms with van der Waals surface area (Å²) in [5.41, 5.74) is 5.57. The molecule has 1 atom stereocenters. The van der Waals surface area contributed by atoms with Crippen molar-refractivity contribution >= 4 is 17.7 Å². The largest absolute Gasteiger partial charge is 0.369 e. The Morgan fingerprint density at radius 2 is 2.11 bits per heavy atom. The van der Waals surface area contributed by atoms with Gasteiger partial charge in [0, 0.05) is 7.05 Å². The van der Waals surface area contributed by atoms with Crippen LogP contribution in [-0.4, -0.2) is 25.9 Å². The average Bonchev–Trinajstić information content (AvgIpc) is 2.72. The second-order valence-electron chi connectivity index (χ2n) is 4.01. The fraction of sp³-hybridized carbons (Fsp3) is 0.250. The van der Waals surface area contributed by atoms with Gasteiger partial charge in [0.1, 0.15) is 5.82 Å². The van der Waals surface area contributed by atoms with Gasteiger partial charge in [0.05, 0.1) is 10.8 Å². The van der Waals surface area contributed by atoms with E-state index in [1.807, 2.05) is 0 Å². The van der Waals surface area contributed by atoms with Crippen LogP contribution in [-0.2, 0) is 11.8 Å². The summed E-state index contributed by atoms with van der Waals surface area (Å²) in [4.78, 5) is 11.0. The van der Waals surface area contributed by atoms with E-state index in [2.05, 4.69) is 10.2 Å². The summed E-state index contributed by atoms with van der Waals surface area (Å²) in [6, 6.07) is 6.33. The van der Waals surface area contributed by atoms with Gasteiger partial charge in [-0.1, -0.05) is 23.9 Å². The normalized spacial score (nSPS) is 12.4. The number of thioether (sulfide) groups is 1. The van der Waals surface area contributed by atoms with Crippen LogP contribution in [0.5, 0.6) is 0 Å². The van der Waals surface area contributed by atoms with Gasteiger partial charge < -0.3 is 10.3 Å². The zero-order chi connectivity index (χ0) is 14.0. The van der Waals surface area contributed by atoms with Crippen molar-refractivity contribution < 1.29 is 9.18 Å². The number of carbonyl (C=O) groups is 1. The van der Waals surface area contributed by atoms with Gasteiger partial charge in [-0.15, -0.1) is 10.2 Å². The highest BCUT2D eigenvalue weighted by atomic mass is 32.2. The molecule has 0 unspecified atom stereocenters. The molecule has 0 saturated carbocycles. The number of halogens is 1. The fourth-order valence-corrected chi connectivity index (χ4v) is 2.28. The van der Waals surface area contributed by atoms with Crippen LogP contribution in [0.25, 0.3) is 11.4 Å². The van der Waals surface area contributed by atoms with E-state index in [-0.39, 0.29) is 5.82 Å². The van der Waals surface area contributed by atoms with E-state index in [1.165, 1.54) is 17.8 Å². The number of rotatable bonds is 4. The molecular formula is C12H13FN4OS. The Morgan fingerprint density at radius 1 is 1.42 bits per heavy atom. The highest BCUT2D eigenvalue weighted by Crippen LogP contribution is 2.26. The number of nitrogens with zero attached hydrogens (tertiary/aromatic N) is 3. The Labute approximate surface area is 114 Å². The van der Waals surface area contributed by atoms with E-state index in [9.17, 15) is 9.18 Å². The molecule has 2 rings (SSSR count). The minimum Gasteiger partial charge on any atom is -0.369 e. The molecule has 0 aliphatic heterocycles. The molecule has 0 radical (unpaired) electrons. The predicted molar refractivity (Wildman–Crippen MR) is 70.9 cm³/mol. The number of aromatic nitrogens is 3. The molecule has 1 aromatic heterocycles. The molecular weight excluding hydrogens is 267 g/mol. The van der Waals surface area contributed by atoms with Gasteiger partial charge in [0.15, 0.2) is 11.0 Å². The number of nitrogens with two attached hydrogens (primary N) is 1. The van der Waals surface area contributed by atoms with Gasteiger partial charge in [-0.2, -0.15) is 0 Å². The van der Waals surface area contributed by atoms with Crippen LogP contribution < -0.4 is 5.73 Å². The van der Waals surface area contributed by atoms with Crippen LogP contribution >= 0.6 is 11.8 Å². The molecule has 0 aliphatic carbocycles. The van der Waals surface area contributed by atoms with Crippen molar-refractivity contribution in [1.29, 1.82) is 0 Å². The van der Waals surface area contributed by atoms with Gasteiger partial charge in [0.2, 0.25) is 5.91 Å². The second-order valence-corrected chi connectivity index (χ2v) is 5.32. The van der Waals surface area contributed by atoms with Crippen LogP contribution in [0, 0.1) is 5.82 Å². The lowest BCUT2D eigenvalue weighted by Gasteiger charge is -2.07. The molecule has 1 aromatic carbocycles. The second kappa shape index (κ2) is 5.40. The van der Waals surface area contributed by atoms with Gasteiger partial charge >= 0.3 is 0 Å². The Bertz CT molecular complexity index is 614. The third-order valence-electron chi connectivity index (χ3n) is 2.63.